The molecule has 1 amide bonds. The zero-order chi connectivity index (χ0) is 20.4. The van der Waals surface area contributed by atoms with Crippen LogP contribution in [-0.4, -0.2) is 26.0 Å². The molecule has 7 heteroatoms. The van der Waals surface area contributed by atoms with Gasteiger partial charge < -0.3 is 20.7 Å². The number of carbonyl (C=O) groups is 1. The average molecular weight is 510 g/mol. The van der Waals surface area contributed by atoms with Gasteiger partial charge in [0.05, 0.1) is 7.11 Å². The minimum Gasteiger partial charge on any atom is -0.497 e. The van der Waals surface area contributed by atoms with Crippen molar-refractivity contribution in [2.75, 3.05) is 19.5 Å². The Morgan fingerprint density at radius 2 is 1.66 bits per heavy atom. The van der Waals surface area contributed by atoms with E-state index in [0.29, 0.717) is 31.4 Å². The highest BCUT2D eigenvalue weighted by Crippen LogP contribution is 2.13. The van der Waals surface area contributed by atoms with Crippen LogP contribution in [0.15, 0.2) is 53.5 Å². The smallest absolute Gasteiger partial charge is 0.224 e. The molecule has 0 aliphatic rings. The van der Waals surface area contributed by atoms with Crippen LogP contribution >= 0.6 is 24.0 Å². The molecule has 29 heavy (non-hydrogen) atoms. The lowest BCUT2D eigenvalue weighted by Gasteiger charge is -2.13. The van der Waals surface area contributed by atoms with Crippen molar-refractivity contribution in [2.24, 2.45) is 10.9 Å². The van der Waals surface area contributed by atoms with Crippen molar-refractivity contribution in [1.29, 1.82) is 0 Å². The molecule has 0 spiro atoms. The summed E-state index contributed by atoms with van der Waals surface area (Å²) in [6.07, 6.45) is 0.517. The number of nitrogens with zero attached hydrogens (tertiary/aromatic N) is 1. The summed E-state index contributed by atoms with van der Waals surface area (Å²) in [6.45, 7) is 5.31. The first-order valence-corrected chi connectivity index (χ1v) is 9.46. The summed E-state index contributed by atoms with van der Waals surface area (Å²) in [5, 5.41) is 9.53. The highest BCUT2D eigenvalue weighted by Gasteiger charge is 2.06. The Balaban J connectivity index is 0.00000420. The first kappa shape index (κ1) is 24.7. The van der Waals surface area contributed by atoms with Gasteiger partial charge in [0.15, 0.2) is 5.96 Å². The van der Waals surface area contributed by atoms with Gasteiger partial charge in [0, 0.05) is 32.2 Å². The Bertz CT molecular complexity index is 809. The molecular formula is C22H31IN4O2. The summed E-state index contributed by atoms with van der Waals surface area (Å²) in [7, 11) is 3.40. The van der Waals surface area contributed by atoms with Crippen LogP contribution in [0.3, 0.4) is 0 Å². The quantitative estimate of drug-likeness (QED) is 0.283. The third-order valence-electron chi connectivity index (χ3n) is 4.08. The van der Waals surface area contributed by atoms with E-state index in [1.54, 1.807) is 14.2 Å². The van der Waals surface area contributed by atoms with Gasteiger partial charge in [0.2, 0.25) is 5.91 Å². The Morgan fingerprint density at radius 1 is 1.03 bits per heavy atom. The van der Waals surface area contributed by atoms with Gasteiger partial charge in [0.25, 0.3) is 0 Å². The molecule has 6 nitrogen and oxygen atoms in total. The van der Waals surface area contributed by atoms with Crippen LogP contribution in [-0.2, 0) is 17.9 Å². The molecule has 2 rings (SSSR count). The predicted octanol–water partition coefficient (Wildman–Crippen LogP) is 4.16. The number of hydrogen-bond acceptors (Lipinski definition) is 3. The topological polar surface area (TPSA) is 74.8 Å². The number of nitrogens with one attached hydrogen (secondary N) is 3. The molecule has 0 radical (unpaired) electrons. The summed E-state index contributed by atoms with van der Waals surface area (Å²) >= 11 is 0. The average Bonchev–Trinajstić information content (AvgIpc) is 2.68. The van der Waals surface area contributed by atoms with Gasteiger partial charge in [-0.3, -0.25) is 9.79 Å². The summed E-state index contributed by atoms with van der Waals surface area (Å²) in [5.41, 5.74) is 2.98. The van der Waals surface area contributed by atoms with E-state index in [-0.39, 0.29) is 29.9 Å². The Labute approximate surface area is 190 Å². The van der Waals surface area contributed by atoms with Crippen molar-refractivity contribution >= 4 is 41.5 Å². The molecule has 0 saturated carbocycles. The van der Waals surface area contributed by atoms with Gasteiger partial charge in [-0.15, -0.1) is 24.0 Å². The number of methoxy groups -OCH3 is 1. The normalized spacial score (nSPS) is 10.9. The van der Waals surface area contributed by atoms with Crippen LogP contribution in [0.5, 0.6) is 5.75 Å². The fourth-order valence-electron chi connectivity index (χ4n) is 2.72. The van der Waals surface area contributed by atoms with Crippen molar-refractivity contribution < 1.29 is 9.53 Å². The Kier molecular flexibility index (Phi) is 11.1. The monoisotopic (exact) mass is 510 g/mol. The number of amides is 1. The second kappa shape index (κ2) is 13.0. The molecule has 0 fully saturated rings. The fourth-order valence-corrected chi connectivity index (χ4v) is 2.72. The number of ether oxygens (including phenoxy) is 1. The second-order valence-electron chi connectivity index (χ2n) is 6.98. The van der Waals surface area contributed by atoms with Gasteiger partial charge in [-0.25, -0.2) is 0 Å². The number of benzene rings is 2. The number of rotatable bonds is 8. The van der Waals surface area contributed by atoms with Crippen LogP contribution in [0, 0.1) is 5.92 Å². The maximum atomic E-state index is 11.9. The molecular weight excluding hydrogens is 479 g/mol. The Morgan fingerprint density at radius 3 is 2.24 bits per heavy atom. The zero-order valence-electron chi connectivity index (χ0n) is 17.5. The minimum atomic E-state index is 0. The molecule has 0 aliphatic heterocycles. The molecule has 2 aromatic rings. The van der Waals surface area contributed by atoms with E-state index in [1.165, 1.54) is 0 Å². The van der Waals surface area contributed by atoms with E-state index in [2.05, 4.69) is 20.9 Å². The van der Waals surface area contributed by atoms with Gasteiger partial charge in [0.1, 0.15) is 5.75 Å². The number of halogens is 1. The van der Waals surface area contributed by atoms with Crippen LogP contribution in [0.25, 0.3) is 0 Å². The van der Waals surface area contributed by atoms with Crippen LogP contribution in [0.1, 0.15) is 31.4 Å². The van der Waals surface area contributed by atoms with Crippen LogP contribution in [0.4, 0.5) is 5.69 Å². The van der Waals surface area contributed by atoms with Crippen molar-refractivity contribution in [3.05, 3.63) is 59.7 Å². The van der Waals surface area contributed by atoms with E-state index in [0.717, 1.165) is 22.6 Å². The molecule has 0 heterocycles. The first-order chi connectivity index (χ1) is 13.5. The van der Waals surface area contributed by atoms with Gasteiger partial charge >= 0.3 is 0 Å². The fraction of sp³-hybridized carbons (Fsp3) is 0.364. The molecule has 0 aliphatic carbocycles. The summed E-state index contributed by atoms with van der Waals surface area (Å²) < 4.78 is 5.25. The van der Waals surface area contributed by atoms with E-state index >= 15 is 0 Å². The molecule has 0 unspecified atom stereocenters. The summed E-state index contributed by atoms with van der Waals surface area (Å²) in [6, 6.07) is 15.7. The van der Waals surface area contributed by atoms with Crippen molar-refractivity contribution in [1.82, 2.24) is 10.6 Å². The lowest BCUT2D eigenvalue weighted by atomic mass is 10.1. The van der Waals surface area contributed by atoms with E-state index in [1.807, 2.05) is 62.4 Å². The van der Waals surface area contributed by atoms with Crippen molar-refractivity contribution in [3.8, 4) is 5.75 Å². The Hall–Kier alpha value is -2.29. The summed E-state index contributed by atoms with van der Waals surface area (Å²) in [4.78, 5) is 16.2. The van der Waals surface area contributed by atoms with Crippen LogP contribution in [0.2, 0.25) is 0 Å². The third-order valence-corrected chi connectivity index (χ3v) is 4.08. The standard InChI is InChI=1S/C22H30N4O2.HI/c1-16(2)11-21(27)26-19-9-5-7-17(12-19)14-24-22(23-3)25-15-18-8-6-10-20(13-18)28-4;/h5-10,12-13,16H,11,14-15H2,1-4H3,(H,26,27)(H2,23,24,25);1H. The maximum Gasteiger partial charge on any atom is 0.224 e. The largest absolute Gasteiger partial charge is 0.497 e. The summed E-state index contributed by atoms with van der Waals surface area (Å²) in [5.74, 6) is 1.91. The molecule has 2 aromatic carbocycles. The highest BCUT2D eigenvalue weighted by molar-refractivity contribution is 14.0. The minimum absolute atomic E-state index is 0. The lowest BCUT2D eigenvalue weighted by molar-refractivity contribution is -0.116. The van der Waals surface area contributed by atoms with Gasteiger partial charge in [-0.2, -0.15) is 0 Å². The SMILES string of the molecule is CN=C(NCc1cccc(NC(=O)CC(C)C)c1)NCc1cccc(OC)c1.I. The highest BCUT2D eigenvalue weighted by atomic mass is 127. The maximum absolute atomic E-state index is 11.9. The number of anilines is 1. The molecule has 158 valence electrons. The number of carbonyl (C=O) groups excluding carboxylic acids is 1. The third kappa shape index (κ3) is 9.17. The molecule has 0 atom stereocenters. The molecule has 0 bridgehead atoms. The molecule has 3 N–H and O–H groups in total. The van der Waals surface area contributed by atoms with Crippen molar-refractivity contribution in [2.45, 2.75) is 33.4 Å². The lowest BCUT2D eigenvalue weighted by Crippen LogP contribution is -2.36. The van der Waals surface area contributed by atoms with E-state index < -0.39 is 0 Å². The van der Waals surface area contributed by atoms with E-state index in [9.17, 15) is 4.79 Å². The molecule has 0 aromatic heterocycles. The van der Waals surface area contributed by atoms with Gasteiger partial charge in [-0.05, 0) is 41.3 Å². The molecule has 0 saturated heterocycles. The van der Waals surface area contributed by atoms with Gasteiger partial charge in [-0.1, -0.05) is 38.1 Å². The van der Waals surface area contributed by atoms with E-state index in [4.69, 9.17) is 4.74 Å². The van der Waals surface area contributed by atoms with Crippen LogP contribution < -0.4 is 20.7 Å². The van der Waals surface area contributed by atoms with Crippen molar-refractivity contribution in [3.63, 3.8) is 0 Å². The number of guanidine groups is 1. The number of aliphatic imine (C=N–C) groups is 1. The zero-order valence-corrected chi connectivity index (χ0v) is 19.8. The second-order valence-corrected chi connectivity index (χ2v) is 6.98. The first-order valence-electron chi connectivity index (χ1n) is 9.46. The number of hydrogen-bond donors (Lipinski definition) is 3. The predicted molar refractivity (Wildman–Crippen MR) is 130 cm³/mol.